The fourth-order valence-corrected chi connectivity index (χ4v) is 7.64. The van der Waals surface area contributed by atoms with Crippen LogP contribution >= 0.6 is 0 Å². The molecule has 0 fully saturated rings. The van der Waals surface area contributed by atoms with Gasteiger partial charge in [-0.3, -0.25) is 0 Å². The standard InChI is InChI=1S/C42H34N2/c1-4-12-29(13-5-1)30-20-23-41-37(26-30)38-28-32(22-25-42(38)44(41)34-16-8-3-9-17-34)31-21-24-40-36(27-31)35-18-10-11-19-39(35)43(40)33-14-6-2-7-15-33/h1,3-6,8,10-15,18-28,34H,2,7,9,16-17H2. The maximum Gasteiger partial charge on any atom is 0.0541 e. The van der Waals surface area contributed by atoms with E-state index in [0.717, 1.165) is 25.7 Å². The molecule has 0 saturated heterocycles. The van der Waals surface area contributed by atoms with Gasteiger partial charge in [0.15, 0.2) is 0 Å². The van der Waals surface area contributed by atoms with E-state index in [4.69, 9.17) is 0 Å². The molecule has 0 N–H and O–H groups in total. The van der Waals surface area contributed by atoms with E-state index in [1.807, 2.05) is 0 Å². The highest BCUT2D eigenvalue weighted by Gasteiger charge is 2.20. The van der Waals surface area contributed by atoms with E-state index >= 15 is 0 Å². The molecule has 2 aliphatic carbocycles. The van der Waals surface area contributed by atoms with Crippen molar-refractivity contribution in [1.82, 2.24) is 9.13 Å². The van der Waals surface area contributed by atoms with Crippen LogP contribution in [0.3, 0.4) is 0 Å². The molecule has 0 spiro atoms. The topological polar surface area (TPSA) is 9.86 Å². The van der Waals surface area contributed by atoms with E-state index in [-0.39, 0.29) is 0 Å². The molecule has 2 nitrogen and oxygen atoms in total. The van der Waals surface area contributed by atoms with Gasteiger partial charge in [0, 0.05) is 44.3 Å². The van der Waals surface area contributed by atoms with Crippen molar-refractivity contribution in [1.29, 1.82) is 0 Å². The van der Waals surface area contributed by atoms with Gasteiger partial charge in [-0.25, -0.2) is 0 Å². The van der Waals surface area contributed by atoms with Gasteiger partial charge < -0.3 is 9.13 Å². The second-order valence-electron chi connectivity index (χ2n) is 12.3. The molecule has 5 aromatic carbocycles. The maximum absolute atomic E-state index is 2.62. The number of allylic oxidation sites excluding steroid dienone is 6. The van der Waals surface area contributed by atoms with Crippen molar-refractivity contribution in [3.8, 4) is 22.3 Å². The van der Waals surface area contributed by atoms with Crippen LogP contribution in [0.5, 0.6) is 0 Å². The lowest BCUT2D eigenvalue weighted by molar-refractivity contribution is 0.485. The molecule has 2 heterocycles. The molecule has 2 aromatic heterocycles. The predicted molar refractivity (Wildman–Crippen MR) is 188 cm³/mol. The molecule has 7 aromatic rings. The molecule has 212 valence electrons. The Morgan fingerprint density at radius 1 is 0.477 bits per heavy atom. The smallest absolute Gasteiger partial charge is 0.0541 e. The fourth-order valence-electron chi connectivity index (χ4n) is 7.64. The van der Waals surface area contributed by atoms with Crippen molar-refractivity contribution in [3.05, 3.63) is 140 Å². The van der Waals surface area contributed by atoms with Crippen LogP contribution in [0.1, 0.15) is 38.1 Å². The Labute approximate surface area is 257 Å². The zero-order valence-corrected chi connectivity index (χ0v) is 24.8. The van der Waals surface area contributed by atoms with Gasteiger partial charge in [-0.05, 0) is 103 Å². The van der Waals surface area contributed by atoms with Gasteiger partial charge in [0.1, 0.15) is 0 Å². The summed E-state index contributed by atoms with van der Waals surface area (Å²) in [5, 5.41) is 5.29. The van der Waals surface area contributed by atoms with E-state index in [1.165, 1.54) is 78.0 Å². The molecule has 1 unspecified atom stereocenters. The van der Waals surface area contributed by atoms with Gasteiger partial charge in [-0.15, -0.1) is 0 Å². The van der Waals surface area contributed by atoms with Crippen LogP contribution < -0.4 is 0 Å². The van der Waals surface area contributed by atoms with Gasteiger partial charge in [0.2, 0.25) is 0 Å². The number of benzene rings is 5. The lowest BCUT2D eigenvalue weighted by atomic mass is 9.99. The normalized spacial score (nSPS) is 16.8. The van der Waals surface area contributed by atoms with Crippen LogP contribution in [0.25, 0.3) is 71.6 Å². The predicted octanol–water partition coefficient (Wildman–Crippen LogP) is 11.7. The van der Waals surface area contributed by atoms with Crippen molar-refractivity contribution in [2.45, 2.75) is 38.1 Å². The Kier molecular flexibility index (Phi) is 5.94. The molecule has 9 rings (SSSR count). The SMILES string of the molecule is C1=CC(n2c3ccccc3c3cc(-c4ccc5c(c4)c4cc(-c6ccccc6)ccc4n5C4CC=CCC4)ccc32)=CCC1. The molecule has 0 amide bonds. The molecule has 1 atom stereocenters. The summed E-state index contributed by atoms with van der Waals surface area (Å²) in [4.78, 5) is 0. The Morgan fingerprint density at radius 3 is 1.80 bits per heavy atom. The summed E-state index contributed by atoms with van der Waals surface area (Å²) < 4.78 is 5.06. The van der Waals surface area contributed by atoms with E-state index < -0.39 is 0 Å². The van der Waals surface area contributed by atoms with Crippen LogP contribution in [-0.4, -0.2) is 9.13 Å². The van der Waals surface area contributed by atoms with Gasteiger partial charge in [-0.2, -0.15) is 0 Å². The minimum Gasteiger partial charge on any atom is -0.337 e. The summed E-state index contributed by atoms with van der Waals surface area (Å²) in [7, 11) is 0. The lowest BCUT2D eigenvalue weighted by Crippen LogP contribution is -2.10. The third kappa shape index (κ3) is 4.02. The lowest BCUT2D eigenvalue weighted by Gasteiger charge is -2.22. The number of hydrogen-bond acceptors (Lipinski definition) is 0. The van der Waals surface area contributed by atoms with Crippen molar-refractivity contribution in [2.75, 3.05) is 0 Å². The van der Waals surface area contributed by atoms with Crippen molar-refractivity contribution >= 4 is 49.3 Å². The Hall–Kier alpha value is -5.08. The molecule has 2 heteroatoms. The summed E-state index contributed by atoms with van der Waals surface area (Å²) in [5.74, 6) is 0. The highest BCUT2D eigenvalue weighted by molar-refractivity contribution is 6.13. The summed E-state index contributed by atoms with van der Waals surface area (Å²) in [6, 6.07) is 41.3. The van der Waals surface area contributed by atoms with E-state index in [2.05, 4.69) is 149 Å². The first kappa shape index (κ1) is 25.4. The highest BCUT2D eigenvalue weighted by atomic mass is 15.0. The third-order valence-electron chi connectivity index (χ3n) is 9.76. The molecule has 2 aliphatic rings. The van der Waals surface area contributed by atoms with Gasteiger partial charge in [-0.1, -0.05) is 91.0 Å². The van der Waals surface area contributed by atoms with Crippen LogP contribution in [0.4, 0.5) is 0 Å². The Balaban J connectivity index is 1.25. The zero-order valence-electron chi connectivity index (χ0n) is 24.8. The monoisotopic (exact) mass is 566 g/mol. The summed E-state index contributed by atoms with van der Waals surface area (Å²) in [5.41, 5.74) is 11.5. The minimum atomic E-state index is 0.485. The molecule has 0 bridgehead atoms. The summed E-state index contributed by atoms with van der Waals surface area (Å²) >= 11 is 0. The van der Waals surface area contributed by atoms with Crippen LogP contribution in [0, 0.1) is 0 Å². The number of aromatic nitrogens is 2. The van der Waals surface area contributed by atoms with Crippen molar-refractivity contribution in [2.24, 2.45) is 0 Å². The zero-order chi connectivity index (χ0) is 29.0. The number of para-hydroxylation sites is 1. The highest BCUT2D eigenvalue weighted by Crippen LogP contribution is 2.41. The minimum absolute atomic E-state index is 0.485. The van der Waals surface area contributed by atoms with Crippen molar-refractivity contribution < 1.29 is 0 Å². The Morgan fingerprint density at radius 2 is 1.11 bits per heavy atom. The molecule has 44 heavy (non-hydrogen) atoms. The maximum atomic E-state index is 2.62. The Bertz CT molecular complexity index is 2310. The second-order valence-corrected chi connectivity index (χ2v) is 12.3. The molecule has 0 radical (unpaired) electrons. The van der Waals surface area contributed by atoms with Gasteiger partial charge in [0.05, 0.1) is 11.0 Å². The average Bonchev–Trinajstić information content (AvgIpc) is 3.61. The van der Waals surface area contributed by atoms with Crippen LogP contribution in [-0.2, 0) is 0 Å². The quantitative estimate of drug-likeness (QED) is 0.188. The number of rotatable bonds is 4. The fraction of sp³-hybridized carbons (Fsp3) is 0.143. The summed E-state index contributed by atoms with van der Waals surface area (Å²) in [6.45, 7) is 0. The van der Waals surface area contributed by atoms with Gasteiger partial charge in [0.25, 0.3) is 0 Å². The first-order valence-corrected chi connectivity index (χ1v) is 16.0. The number of fused-ring (bicyclic) bond motifs is 6. The van der Waals surface area contributed by atoms with Gasteiger partial charge >= 0.3 is 0 Å². The molecular weight excluding hydrogens is 532 g/mol. The molecule has 0 aliphatic heterocycles. The van der Waals surface area contributed by atoms with E-state index in [0.29, 0.717) is 6.04 Å². The molecular formula is C42H34N2. The second kappa shape index (κ2) is 10.3. The van der Waals surface area contributed by atoms with Crippen molar-refractivity contribution in [3.63, 3.8) is 0 Å². The largest absolute Gasteiger partial charge is 0.337 e. The van der Waals surface area contributed by atoms with Crippen LogP contribution in [0.15, 0.2) is 140 Å². The van der Waals surface area contributed by atoms with E-state index in [9.17, 15) is 0 Å². The molecule has 0 saturated carbocycles. The third-order valence-corrected chi connectivity index (χ3v) is 9.76. The number of hydrogen-bond donors (Lipinski definition) is 0. The first-order chi connectivity index (χ1) is 21.8. The first-order valence-electron chi connectivity index (χ1n) is 16.0. The van der Waals surface area contributed by atoms with Crippen LogP contribution in [0.2, 0.25) is 0 Å². The van der Waals surface area contributed by atoms with E-state index in [1.54, 1.807) is 0 Å². The average molecular weight is 567 g/mol. The summed E-state index contributed by atoms with van der Waals surface area (Å²) in [6.07, 6.45) is 17.3. The number of nitrogens with zero attached hydrogens (tertiary/aromatic N) is 2.